The second kappa shape index (κ2) is 8.34. The quantitative estimate of drug-likeness (QED) is 0.555. The van der Waals surface area contributed by atoms with Crippen molar-refractivity contribution in [3.05, 3.63) is 54.1 Å². The maximum atomic E-state index is 9.84. The van der Waals surface area contributed by atoms with Crippen molar-refractivity contribution < 1.29 is 5.11 Å². The second-order valence-electron chi connectivity index (χ2n) is 9.89. The molecule has 1 heterocycles. The molecule has 0 saturated heterocycles. The number of amidine groups is 2. The van der Waals surface area contributed by atoms with E-state index >= 15 is 0 Å². The Hall–Kier alpha value is -2.27. The number of aromatic hydroxyl groups is 1. The summed E-state index contributed by atoms with van der Waals surface area (Å²) in [5.74, 6) is 1.89. The van der Waals surface area contributed by atoms with Gasteiger partial charge in [-0.25, -0.2) is 9.98 Å². The first-order chi connectivity index (χ1) is 14.7. The Morgan fingerprint density at radius 1 is 1.03 bits per heavy atom. The van der Waals surface area contributed by atoms with Crippen LogP contribution in [0.4, 0.5) is 11.4 Å². The SMILES string of the molecule is CSC1=NC(=Nc2ccc(C)cc2)C2(CCC(C(C)(C)C)CC2)N1c1ccc(O)cc1. The number of anilines is 1. The van der Waals surface area contributed by atoms with Gasteiger partial charge < -0.3 is 10.0 Å². The first kappa shape index (κ1) is 21.9. The zero-order chi connectivity index (χ0) is 22.2. The van der Waals surface area contributed by atoms with Crippen molar-refractivity contribution in [2.45, 2.75) is 58.9 Å². The Morgan fingerprint density at radius 2 is 1.65 bits per heavy atom. The lowest BCUT2D eigenvalue weighted by molar-refractivity contribution is 0.158. The maximum Gasteiger partial charge on any atom is 0.170 e. The number of thioether (sulfide) groups is 1. The molecule has 2 aromatic carbocycles. The van der Waals surface area contributed by atoms with Crippen LogP contribution in [0.3, 0.4) is 0 Å². The van der Waals surface area contributed by atoms with Crippen molar-refractivity contribution in [1.82, 2.24) is 0 Å². The minimum absolute atomic E-state index is 0.248. The molecule has 0 radical (unpaired) electrons. The van der Waals surface area contributed by atoms with Crippen LogP contribution in [-0.4, -0.2) is 27.9 Å². The third kappa shape index (κ3) is 4.25. The summed E-state index contributed by atoms with van der Waals surface area (Å²) in [4.78, 5) is 12.5. The Labute approximate surface area is 190 Å². The fourth-order valence-electron chi connectivity index (χ4n) is 4.90. The summed E-state index contributed by atoms with van der Waals surface area (Å²) in [5, 5.41) is 10.8. The molecule has 0 amide bonds. The Balaban J connectivity index is 1.79. The number of phenols is 1. The number of benzene rings is 2. The standard InChI is InChI=1S/C26H33N3OS/c1-18-6-8-20(9-7-18)27-23-26(16-14-19(15-17-26)25(2,3)4)29(24(28-23)31-5)21-10-12-22(30)13-11-21/h6-13,19,30H,14-17H2,1-5H3. The van der Waals surface area contributed by atoms with Gasteiger partial charge in [0.15, 0.2) is 11.0 Å². The van der Waals surface area contributed by atoms with E-state index in [1.54, 1.807) is 23.9 Å². The van der Waals surface area contributed by atoms with Crippen LogP contribution in [0.1, 0.15) is 52.0 Å². The van der Waals surface area contributed by atoms with Gasteiger partial charge in [0.25, 0.3) is 0 Å². The highest BCUT2D eigenvalue weighted by atomic mass is 32.2. The molecular formula is C26H33N3OS. The molecule has 164 valence electrons. The molecule has 0 atom stereocenters. The summed E-state index contributed by atoms with van der Waals surface area (Å²) in [6, 6.07) is 15.9. The van der Waals surface area contributed by atoms with Gasteiger partial charge in [-0.15, -0.1) is 0 Å². The molecule has 0 unspecified atom stereocenters. The summed E-state index contributed by atoms with van der Waals surface area (Å²) in [6.45, 7) is 9.16. The molecule has 4 nitrogen and oxygen atoms in total. The second-order valence-corrected chi connectivity index (χ2v) is 10.7. The van der Waals surface area contributed by atoms with Gasteiger partial charge in [-0.3, -0.25) is 0 Å². The molecule has 2 aliphatic rings. The molecule has 1 N–H and O–H groups in total. The lowest BCUT2D eigenvalue weighted by Crippen LogP contribution is -2.54. The maximum absolute atomic E-state index is 9.84. The minimum atomic E-state index is -0.248. The van der Waals surface area contributed by atoms with Crippen LogP contribution < -0.4 is 4.90 Å². The summed E-state index contributed by atoms with van der Waals surface area (Å²) >= 11 is 1.66. The van der Waals surface area contributed by atoms with Crippen molar-refractivity contribution in [3.8, 4) is 5.75 Å². The van der Waals surface area contributed by atoms with Crippen LogP contribution >= 0.6 is 11.8 Å². The summed E-state index contributed by atoms with van der Waals surface area (Å²) in [6.07, 6.45) is 6.43. The van der Waals surface area contributed by atoms with E-state index in [-0.39, 0.29) is 11.3 Å². The van der Waals surface area contributed by atoms with Crippen LogP contribution in [0.15, 0.2) is 58.5 Å². The van der Waals surface area contributed by atoms with E-state index in [4.69, 9.17) is 9.98 Å². The minimum Gasteiger partial charge on any atom is -0.508 e. The van der Waals surface area contributed by atoms with Gasteiger partial charge in [0.05, 0.1) is 5.69 Å². The fourth-order valence-corrected chi connectivity index (χ4v) is 5.54. The molecule has 31 heavy (non-hydrogen) atoms. The molecule has 1 saturated carbocycles. The molecule has 0 bridgehead atoms. The molecule has 5 heteroatoms. The molecular weight excluding hydrogens is 402 g/mol. The van der Waals surface area contributed by atoms with Crippen LogP contribution in [-0.2, 0) is 0 Å². The highest BCUT2D eigenvalue weighted by Crippen LogP contribution is 2.49. The highest BCUT2D eigenvalue weighted by molar-refractivity contribution is 8.13. The first-order valence-corrected chi connectivity index (χ1v) is 12.3. The monoisotopic (exact) mass is 435 g/mol. The molecule has 1 fully saturated rings. The average Bonchev–Trinajstić information content (AvgIpc) is 3.02. The average molecular weight is 436 g/mol. The topological polar surface area (TPSA) is 48.2 Å². The van der Waals surface area contributed by atoms with Gasteiger partial charge in [0.1, 0.15) is 11.3 Å². The smallest absolute Gasteiger partial charge is 0.170 e. The van der Waals surface area contributed by atoms with Crippen LogP contribution in [0.5, 0.6) is 5.75 Å². The van der Waals surface area contributed by atoms with E-state index in [9.17, 15) is 5.11 Å². The number of hydrogen-bond donors (Lipinski definition) is 1. The molecule has 1 spiro atoms. The van der Waals surface area contributed by atoms with E-state index in [1.165, 1.54) is 5.56 Å². The van der Waals surface area contributed by atoms with Crippen LogP contribution in [0.25, 0.3) is 0 Å². The van der Waals surface area contributed by atoms with Gasteiger partial charge in [-0.05, 0) is 86.6 Å². The largest absolute Gasteiger partial charge is 0.508 e. The number of phenolic OH excluding ortho intramolecular Hbond substituents is 1. The van der Waals surface area contributed by atoms with Gasteiger partial charge in [0, 0.05) is 5.69 Å². The van der Waals surface area contributed by atoms with Crippen molar-refractivity contribution in [2.75, 3.05) is 11.2 Å². The first-order valence-electron chi connectivity index (χ1n) is 11.1. The normalized spacial score (nSPS) is 25.3. The molecule has 2 aromatic rings. The zero-order valence-electron chi connectivity index (χ0n) is 19.2. The number of hydrogen-bond acceptors (Lipinski definition) is 4. The third-order valence-electron chi connectivity index (χ3n) is 6.83. The molecule has 1 aliphatic carbocycles. The van der Waals surface area contributed by atoms with Gasteiger partial charge >= 0.3 is 0 Å². The van der Waals surface area contributed by atoms with E-state index in [0.717, 1.165) is 48.1 Å². The van der Waals surface area contributed by atoms with E-state index in [2.05, 4.69) is 63.1 Å². The summed E-state index contributed by atoms with van der Waals surface area (Å²) < 4.78 is 0. The highest BCUT2D eigenvalue weighted by Gasteiger charge is 2.51. The van der Waals surface area contributed by atoms with Gasteiger partial charge in [-0.1, -0.05) is 50.2 Å². The van der Waals surface area contributed by atoms with Crippen molar-refractivity contribution in [2.24, 2.45) is 21.3 Å². The lowest BCUT2D eigenvalue weighted by atomic mass is 9.66. The lowest BCUT2D eigenvalue weighted by Gasteiger charge is -2.47. The number of rotatable bonds is 2. The molecule has 4 rings (SSSR count). The Bertz CT molecular complexity index is 979. The fraction of sp³-hybridized carbons (Fsp3) is 0.462. The number of nitrogens with zero attached hydrogens (tertiary/aromatic N) is 3. The predicted octanol–water partition coefficient (Wildman–Crippen LogP) is 6.94. The zero-order valence-corrected chi connectivity index (χ0v) is 20.0. The Morgan fingerprint density at radius 3 is 2.19 bits per heavy atom. The number of aliphatic imine (C=N–C) groups is 2. The third-order valence-corrected chi connectivity index (χ3v) is 7.47. The van der Waals surface area contributed by atoms with Crippen LogP contribution in [0, 0.1) is 18.3 Å². The summed E-state index contributed by atoms with van der Waals surface area (Å²) in [7, 11) is 0. The van der Waals surface area contributed by atoms with Gasteiger partial charge in [0.2, 0.25) is 0 Å². The molecule has 0 aromatic heterocycles. The Kier molecular flexibility index (Phi) is 5.91. The van der Waals surface area contributed by atoms with Crippen molar-refractivity contribution in [1.29, 1.82) is 0 Å². The van der Waals surface area contributed by atoms with E-state index in [0.29, 0.717) is 11.3 Å². The van der Waals surface area contributed by atoms with Crippen molar-refractivity contribution >= 4 is 34.1 Å². The molecule has 1 aliphatic heterocycles. The van der Waals surface area contributed by atoms with Crippen molar-refractivity contribution in [3.63, 3.8) is 0 Å². The summed E-state index contributed by atoms with van der Waals surface area (Å²) in [5.41, 5.74) is 3.31. The number of aryl methyl sites for hydroxylation is 1. The van der Waals surface area contributed by atoms with Gasteiger partial charge in [-0.2, -0.15) is 0 Å². The van der Waals surface area contributed by atoms with Crippen LogP contribution in [0.2, 0.25) is 0 Å². The predicted molar refractivity (Wildman–Crippen MR) is 134 cm³/mol. The van der Waals surface area contributed by atoms with E-state index < -0.39 is 0 Å². The van der Waals surface area contributed by atoms with E-state index in [1.807, 2.05) is 12.1 Å².